The summed E-state index contributed by atoms with van der Waals surface area (Å²) in [5.74, 6) is 0.442. The molecule has 3 heteroatoms. The molecule has 2 rings (SSSR count). The molecule has 2 atom stereocenters. The zero-order chi connectivity index (χ0) is 12.4. The normalized spacial score (nSPS) is 24.4. The number of nitrogens with zero attached hydrogens (tertiary/aromatic N) is 1. The Balaban J connectivity index is 2.52. The van der Waals surface area contributed by atoms with Crippen molar-refractivity contribution in [1.82, 2.24) is 0 Å². The largest absolute Gasteiger partial charge is 0.320 e. The third-order valence-electron chi connectivity index (χ3n) is 3.60. The number of rotatable bonds is 2. The van der Waals surface area contributed by atoms with Crippen LogP contribution in [0.4, 0.5) is 5.69 Å². The van der Waals surface area contributed by atoms with Gasteiger partial charge in [0.05, 0.1) is 6.04 Å². The maximum atomic E-state index is 12.2. The third-order valence-corrected chi connectivity index (χ3v) is 3.60. The van der Waals surface area contributed by atoms with Crippen molar-refractivity contribution in [3.63, 3.8) is 0 Å². The van der Waals surface area contributed by atoms with E-state index in [9.17, 15) is 4.79 Å². The highest BCUT2D eigenvalue weighted by atomic mass is 16.2. The van der Waals surface area contributed by atoms with Gasteiger partial charge in [-0.25, -0.2) is 0 Å². The average molecular weight is 232 g/mol. The van der Waals surface area contributed by atoms with E-state index in [2.05, 4.69) is 13.0 Å². The maximum absolute atomic E-state index is 12.2. The van der Waals surface area contributed by atoms with Gasteiger partial charge in [-0.2, -0.15) is 0 Å². The molecule has 1 amide bonds. The predicted molar refractivity (Wildman–Crippen MR) is 70.1 cm³/mol. The highest BCUT2D eigenvalue weighted by Gasteiger charge is 2.31. The standard InChI is InChI=1S/C14H20N2O/c1-3-10-9-12(15)14(17)16(4-2)13-8-6-5-7-11(10)13/h5-8,10,12H,3-4,9,15H2,1-2H3. The van der Waals surface area contributed by atoms with Gasteiger partial charge in [-0.1, -0.05) is 25.1 Å². The molecule has 0 aromatic heterocycles. The van der Waals surface area contributed by atoms with Crippen molar-refractivity contribution >= 4 is 11.6 Å². The fraction of sp³-hybridized carbons (Fsp3) is 0.500. The fourth-order valence-electron chi connectivity index (χ4n) is 2.64. The van der Waals surface area contributed by atoms with E-state index in [4.69, 9.17) is 5.73 Å². The van der Waals surface area contributed by atoms with E-state index in [1.165, 1.54) is 5.56 Å². The minimum atomic E-state index is -0.368. The summed E-state index contributed by atoms with van der Waals surface area (Å²) in [6, 6.07) is 7.80. The van der Waals surface area contributed by atoms with Crippen LogP contribution in [0.5, 0.6) is 0 Å². The number of carbonyl (C=O) groups is 1. The number of hydrogen-bond acceptors (Lipinski definition) is 2. The molecule has 17 heavy (non-hydrogen) atoms. The second-order valence-electron chi connectivity index (χ2n) is 4.59. The van der Waals surface area contributed by atoms with E-state index in [1.807, 2.05) is 30.0 Å². The number of anilines is 1. The zero-order valence-electron chi connectivity index (χ0n) is 10.5. The molecule has 1 aliphatic heterocycles. The van der Waals surface area contributed by atoms with Gasteiger partial charge in [0.1, 0.15) is 0 Å². The minimum absolute atomic E-state index is 0.0518. The van der Waals surface area contributed by atoms with Crippen molar-refractivity contribution in [1.29, 1.82) is 0 Å². The molecule has 0 radical (unpaired) electrons. The molecule has 3 nitrogen and oxygen atoms in total. The number of benzene rings is 1. The molecule has 0 fully saturated rings. The van der Waals surface area contributed by atoms with Crippen LogP contribution >= 0.6 is 0 Å². The summed E-state index contributed by atoms with van der Waals surface area (Å²) in [5.41, 5.74) is 8.30. The van der Waals surface area contributed by atoms with Gasteiger partial charge in [0.25, 0.3) is 0 Å². The average Bonchev–Trinajstić information content (AvgIpc) is 2.46. The van der Waals surface area contributed by atoms with Crippen molar-refractivity contribution in [2.24, 2.45) is 5.73 Å². The molecule has 0 spiro atoms. The summed E-state index contributed by atoms with van der Waals surface area (Å²) in [7, 11) is 0. The molecule has 1 aromatic rings. The van der Waals surface area contributed by atoms with E-state index in [0.29, 0.717) is 12.5 Å². The molecule has 0 saturated carbocycles. The van der Waals surface area contributed by atoms with Crippen molar-refractivity contribution in [3.8, 4) is 0 Å². The fourth-order valence-corrected chi connectivity index (χ4v) is 2.64. The van der Waals surface area contributed by atoms with E-state index in [1.54, 1.807) is 0 Å². The summed E-state index contributed by atoms with van der Waals surface area (Å²) < 4.78 is 0. The van der Waals surface area contributed by atoms with Gasteiger partial charge in [-0.15, -0.1) is 0 Å². The number of fused-ring (bicyclic) bond motifs is 1. The Kier molecular flexibility index (Phi) is 3.48. The van der Waals surface area contributed by atoms with Crippen LogP contribution in [0.3, 0.4) is 0 Å². The molecule has 1 heterocycles. The lowest BCUT2D eigenvalue weighted by Crippen LogP contribution is -2.42. The Labute approximate surface area is 103 Å². The van der Waals surface area contributed by atoms with Crippen molar-refractivity contribution in [3.05, 3.63) is 29.8 Å². The second kappa shape index (κ2) is 4.88. The third kappa shape index (κ3) is 2.07. The lowest BCUT2D eigenvalue weighted by molar-refractivity contribution is -0.119. The quantitative estimate of drug-likeness (QED) is 0.850. The number of likely N-dealkylation sites (N-methyl/N-ethyl adjacent to an activating group) is 1. The first-order valence-electron chi connectivity index (χ1n) is 6.34. The van der Waals surface area contributed by atoms with Crippen LogP contribution in [0.1, 0.15) is 38.2 Å². The van der Waals surface area contributed by atoms with Crippen LogP contribution in [0, 0.1) is 0 Å². The van der Waals surface area contributed by atoms with Gasteiger partial charge >= 0.3 is 0 Å². The topological polar surface area (TPSA) is 46.3 Å². The Hall–Kier alpha value is -1.35. The van der Waals surface area contributed by atoms with Crippen LogP contribution in [0.25, 0.3) is 0 Å². The Morgan fingerprint density at radius 3 is 2.71 bits per heavy atom. The van der Waals surface area contributed by atoms with E-state index in [0.717, 1.165) is 18.5 Å². The SMILES string of the molecule is CCC1CC(N)C(=O)N(CC)c2ccccc21. The van der Waals surface area contributed by atoms with Crippen LogP contribution in [-0.2, 0) is 4.79 Å². The van der Waals surface area contributed by atoms with Crippen LogP contribution in [0.2, 0.25) is 0 Å². The maximum Gasteiger partial charge on any atom is 0.243 e. The zero-order valence-corrected chi connectivity index (χ0v) is 10.5. The molecule has 0 bridgehead atoms. The Morgan fingerprint density at radius 1 is 1.35 bits per heavy atom. The van der Waals surface area contributed by atoms with Gasteiger partial charge in [-0.05, 0) is 37.3 Å². The molecule has 92 valence electrons. The van der Waals surface area contributed by atoms with Crippen molar-refractivity contribution < 1.29 is 4.79 Å². The highest BCUT2D eigenvalue weighted by Crippen LogP contribution is 2.35. The molecule has 1 aromatic carbocycles. The predicted octanol–water partition coefficient (Wildman–Crippen LogP) is 2.26. The van der Waals surface area contributed by atoms with Crippen LogP contribution in [-0.4, -0.2) is 18.5 Å². The summed E-state index contributed by atoms with van der Waals surface area (Å²) in [6.45, 7) is 4.83. The lowest BCUT2D eigenvalue weighted by Gasteiger charge is -2.23. The number of para-hydroxylation sites is 1. The summed E-state index contributed by atoms with van der Waals surface area (Å²) in [4.78, 5) is 14.0. The molecule has 1 aliphatic rings. The molecular formula is C14H20N2O. The number of amides is 1. The Morgan fingerprint density at radius 2 is 2.06 bits per heavy atom. The van der Waals surface area contributed by atoms with Gasteiger partial charge in [0, 0.05) is 12.2 Å². The van der Waals surface area contributed by atoms with Crippen molar-refractivity contribution in [2.45, 2.75) is 38.6 Å². The first kappa shape index (κ1) is 12.1. The van der Waals surface area contributed by atoms with E-state index >= 15 is 0 Å². The molecule has 2 N–H and O–H groups in total. The van der Waals surface area contributed by atoms with Gasteiger partial charge in [-0.3, -0.25) is 4.79 Å². The first-order chi connectivity index (χ1) is 8.19. The highest BCUT2D eigenvalue weighted by molar-refractivity contribution is 5.98. The second-order valence-corrected chi connectivity index (χ2v) is 4.59. The molecule has 2 unspecified atom stereocenters. The van der Waals surface area contributed by atoms with Gasteiger partial charge < -0.3 is 10.6 Å². The van der Waals surface area contributed by atoms with Gasteiger partial charge in [0.2, 0.25) is 5.91 Å². The summed E-state index contributed by atoms with van der Waals surface area (Å²) >= 11 is 0. The van der Waals surface area contributed by atoms with Gasteiger partial charge in [0.15, 0.2) is 0 Å². The number of carbonyl (C=O) groups excluding carboxylic acids is 1. The van der Waals surface area contributed by atoms with E-state index < -0.39 is 0 Å². The monoisotopic (exact) mass is 232 g/mol. The van der Waals surface area contributed by atoms with Crippen molar-refractivity contribution in [2.75, 3.05) is 11.4 Å². The summed E-state index contributed by atoms with van der Waals surface area (Å²) in [6.07, 6.45) is 1.78. The Bertz CT molecular complexity index is 416. The first-order valence-corrected chi connectivity index (χ1v) is 6.34. The van der Waals surface area contributed by atoms with Crippen LogP contribution < -0.4 is 10.6 Å². The summed E-state index contributed by atoms with van der Waals surface area (Å²) in [5, 5.41) is 0. The van der Waals surface area contributed by atoms with E-state index in [-0.39, 0.29) is 11.9 Å². The molecule has 0 saturated heterocycles. The number of hydrogen-bond donors (Lipinski definition) is 1. The smallest absolute Gasteiger partial charge is 0.243 e. The van der Waals surface area contributed by atoms with Crippen LogP contribution in [0.15, 0.2) is 24.3 Å². The molecule has 0 aliphatic carbocycles. The number of nitrogens with two attached hydrogens (primary N) is 1. The lowest BCUT2D eigenvalue weighted by atomic mass is 9.90. The molecular weight excluding hydrogens is 212 g/mol. The minimum Gasteiger partial charge on any atom is -0.320 e.